The van der Waals surface area contributed by atoms with Crippen LogP contribution >= 0.6 is 0 Å². The van der Waals surface area contributed by atoms with Crippen LogP contribution in [-0.4, -0.2) is 33.0 Å². The van der Waals surface area contributed by atoms with Crippen LogP contribution in [0.4, 0.5) is 5.95 Å². The standard InChI is InChI=1S/C10H14N6O/c1-4-2-12-3-5(4)7-13-6-8(14-7)15-10(11)16-9(6)17/h4-5,12H,2-3H2,1H3,(H4,11,13,14,15,16,17). The Labute approximate surface area is 96.9 Å². The first-order chi connectivity index (χ1) is 8.15. The van der Waals surface area contributed by atoms with E-state index in [1.54, 1.807) is 0 Å². The Bertz CT molecular complexity index is 615. The van der Waals surface area contributed by atoms with Crippen molar-refractivity contribution in [3.63, 3.8) is 0 Å². The summed E-state index contributed by atoms with van der Waals surface area (Å²) in [6.07, 6.45) is 0. The summed E-state index contributed by atoms with van der Waals surface area (Å²) in [4.78, 5) is 25.5. The highest BCUT2D eigenvalue weighted by atomic mass is 16.1. The molecule has 17 heavy (non-hydrogen) atoms. The minimum atomic E-state index is -0.273. The van der Waals surface area contributed by atoms with E-state index in [9.17, 15) is 4.79 Å². The number of rotatable bonds is 1. The zero-order chi connectivity index (χ0) is 12.0. The van der Waals surface area contributed by atoms with Crippen molar-refractivity contribution in [1.82, 2.24) is 25.3 Å². The summed E-state index contributed by atoms with van der Waals surface area (Å²) in [6.45, 7) is 3.99. The molecule has 0 radical (unpaired) electrons. The number of imidazole rings is 1. The van der Waals surface area contributed by atoms with Crippen molar-refractivity contribution in [3.8, 4) is 0 Å². The summed E-state index contributed by atoms with van der Waals surface area (Å²) >= 11 is 0. The third-order valence-corrected chi connectivity index (χ3v) is 3.27. The average Bonchev–Trinajstić information content (AvgIpc) is 2.83. The minimum absolute atomic E-state index is 0.0955. The zero-order valence-corrected chi connectivity index (χ0v) is 9.45. The molecule has 2 aromatic rings. The van der Waals surface area contributed by atoms with Gasteiger partial charge in [0.25, 0.3) is 5.56 Å². The molecule has 3 heterocycles. The van der Waals surface area contributed by atoms with Crippen LogP contribution in [0.15, 0.2) is 4.79 Å². The molecule has 0 amide bonds. The highest BCUT2D eigenvalue weighted by Crippen LogP contribution is 2.26. The van der Waals surface area contributed by atoms with E-state index in [0.717, 1.165) is 18.9 Å². The summed E-state index contributed by atoms with van der Waals surface area (Å²) < 4.78 is 0. The van der Waals surface area contributed by atoms with E-state index in [0.29, 0.717) is 23.0 Å². The van der Waals surface area contributed by atoms with Gasteiger partial charge in [-0.3, -0.25) is 9.78 Å². The molecule has 1 saturated heterocycles. The van der Waals surface area contributed by atoms with Crippen molar-refractivity contribution in [2.45, 2.75) is 12.8 Å². The lowest BCUT2D eigenvalue weighted by Crippen LogP contribution is -2.11. The largest absolute Gasteiger partial charge is 0.369 e. The number of aromatic amines is 2. The maximum absolute atomic E-state index is 11.6. The van der Waals surface area contributed by atoms with Gasteiger partial charge in [0.15, 0.2) is 11.2 Å². The molecule has 3 rings (SSSR count). The number of H-pyrrole nitrogens is 2. The van der Waals surface area contributed by atoms with Crippen LogP contribution in [0.5, 0.6) is 0 Å². The number of nitrogens with zero attached hydrogens (tertiary/aromatic N) is 2. The van der Waals surface area contributed by atoms with E-state index < -0.39 is 0 Å². The Morgan fingerprint density at radius 1 is 1.29 bits per heavy atom. The third kappa shape index (κ3) is 1.59. The van der Waals surface area contributed by atoms with Gasteiger partial charge in [-0.15, -0.1) is 0 Å². The van der Waals surface area contributed by atoms with Gasteiger partial charge in [-0.2, -0.15) is 4.98 Å². The zero-order valence-electron chi connectivity index (χ0n) is 9.45. The summed E-state index contributed by atoms with van der Waals surface area (Å²) in [5, 5.41) is 3.30. The lowest BCUT2D eigenvalue weighted by molar-refractivity contribution is 0.551. The summed E-state index contributed by atoms with van der Waals surface area (Å²) in [6, 6.07) is 0. The molecule has 0 spiro atoms. The maximum atomic E-state index is 11.6. The second kappa shape index (κ2) is 3.56. The van der Waals surface area contributed by atoms with Gasteiger partial charge >= 0.3 is 0 Å². The van der Waals surface area contributed by atoms with E-state index in [2.05, 4.69) is 32.2 Å². The molecule has 2 unspecified atom stereocenters. The molecule has 0 saturated carbocycles. The van der Waals surface area contributed by atoms with E-state index in [1.807, 2.05) is 0 Å². The van der Waals surface area contributed by atoms with E-state index >= 15 is 0 Å². The molecule has 0 aliphatic carbocycles. The minimum Gasteiger partial charge on any atom is -0.369 e. The fourth-order valence-corrected chi connectivity index (χ4v) is 2.29. The molecule has 1 aliphatic rings. The van der Waals surface area contributed by atoms with Crippen molar-refractivity contribution in [2.75, 3.05) is 18.8 Å². The van der Waals surface area contributed by atoms with Crippen LogP contribution in [0.2, 0.25) is 0 Å². The Morgan fingerprint density at radius 2 is 2.12 bits per heavy atom. The van der Waals surface area contributed by atoms with Gasteiger partial charge < -0.3 is 16.0 Å². The summed E-state index contributed by atoms with van der Waals surface area (Å²) in [5.41, 5.74) is 5.99. The van der Waals surface area contributed by atoms with Crippen LogP contribution in [0, 0.1) is 5.92 Å². The number of aromatic nitrogens is 4. The fourth-order valence-electron chi connectivity index (χ4n) is 2.29. The molecule has 1 aliphatic heterocycles. The quantitative estimate of drug-likeness (QED) is 0.534. The Balaban J connectivity index is 2.13. The Morgan fingerprint density at radius 3 is 2.82 bits per heavy atom. The smallest absolute Gasteiger partial charge is 0.278 e. The monoisotopic (exact) mass is 234 g/mol. The number of hydrogen-bond acceptors (Lipinski definition) is 5. The van der Waals surface area contributed by atoms with E-state index in [4.69, 9.17) is 5.73 Å². The second-order valence-corrected chi connectivity index (χ2v) is 4.51. The van der Waals surface area contributed by atoms with Crippen molar-refractivity contribution in [1.29, 1.82) is 0 Å². The first-order valence-corrected chi connectivity index (χ1v) is 5.61. The number of nitrogen functional groups attached to an aromatic ring is 1. The Hall–Kier alpha value is -1.89. The number of hydrogen-bond donors (Lipinski definition) is 4. The third-order valence-electron chi connectivity index (χ3n) is 3.27. The first kappa shape index (κ1) is 10.3. The molecule has 7 heteroatoms. The van der Waals surface area contributed by atoms with Crippen LogP contribution in [0.1, 0.15) is 18.7 Å². The Kier molecular flexibility index (Phi) is 2.15. The lowest BCUT2D eigenvalue weighted by atomic mass is 9.98. The molecule has 1 fully saturated rings. The topological polar surface area (TPSA) is 112 Å². The van der Waals surface area contributed by atoms with Gasteiger partial charge in [-0.25, -0.2) is 4.98 Å². The van der Waals surface area contributed by atoms with Crippen LogP contribution in [0.3, 0.4) is 0 Å². The average molecular weight is 234 g/mol. The molecule has 0 aromatic carbocycles. The predicted octanol–water partition coefficient (Wildman–Crippen LogP) is -0.449. The van der Waals surface area contributed by atoms with Gasteiger partial charge in [0, 0.05) is 12.5 Å². The summed E-state index contributed by atoms with van der Waals surface area (Å²) in [7, 11) is 0. The molecule has 0 bridgehead atoms. The predicted molar refractivity (Wildman–Crippen MR) is 63.7 cm³/mol. The number of nitrogens with two attached hydrogens (primary N) is 1. The van der Waals surface area contributed by atoms with Gasteiger partial charge in [-0.05, 0) is 12.5 Å². The summed E-state index contributed by atoms with van der Waals surface area (Å²) in [5.74, 6) is 1.69. The van der Waals surface area contributed by atoms with Gasteiger partial charge in [0.1, 0.15) is 5.82 Å². The normalized spacial score (nSPS) is 24.5. The molecule has 2 atom stereocenters. The van der Waals surface area contributed by atoms with E-state index in [-0.39, 0.29) is 11.5 Å². The molecule has 90 valence electrons. The SMILES string of the molecule is CC1CNCC1c1nc2nc(N)[nH]c(=O)c2[nH]1. The van der Waals surface area contributed by atoms with E-state index in [1.165, 1.54) is 0 Å². The second-order valence-electron chi connectivity index (χ2n) is 4.51. The fraction of sp³-hybridized carbons (Fsp3) is 0.500. The van der Waals surface area contributed by atoms with Gasteiger partial charge in [0.2, 0.25) is 5.95 Å². The van der Waals surface area contributed by atoms with Crippen molar-refractivity contribution < 1.29 is 0 Å². The van der Waals surface area contributed by atoms with Crippen LogP contribution in [-0.2, 0) is 0 Å². The molecule has 7 nitrogen and oxygen atoms in total. The van der Waals surface area contributed by atoms with Gasteiger partial charge in [0.05, 0.1) is 0 Å². The van der Waals surface area contributed by atoms with Crippen molar-refractivity contribution in [2.24, 2.45) is 5.92 Å². The van der Waals surface area contributed by atoms with Crippen molar-refractivity contribution in [3.05, 3.63) is 16.2 Å². The van der Waals surface area contributed by atoms with Crippen LogP contribution in [0.25, 0.3) is 11.2 Å². The first-order valence-electron chi connectivity index (χ1n) is 5.61. The molecule has 2 aromatic heterocycles. The number of anilines is 1. The number of fused-ring (bicyclic) bond motifs is 1. The molecule has 5 N–H and O–H groups in total. The van der Waals surface area contributed by atoms with Gasteiger partial charge in [-0.1, -0.05) is 6.92 Å². The molecular formula is C10H14N6O. The molecular weight excluding hydrogens is 220 g/mol. The number of nitrogens with one attached hydrogen (secondary N) is 3. The highest BCUT2D eigenvalue weighted by molar-refractivity contribution is 5.70. The van der Waals surface area contributed by atoms with Crippen LogP contribution < -0.4 is 16.6 Å². The van der Waals surface area contributed by atoms with Crippen molar-refractivity contribution >= 4 is 17.1 Å². The maximum Gasteiger partial charge on any atom is 0.278 e. The highest BCUT2D eigenvalue weighted by Gasteiger charge is 2.27. The lowest BCUT2D eigenvalue weighted by Gasteiger charge is -2.09.